The van der Waals surface area contributed by atoms with Crippen LogP contribution >= 0.6 is 0 Å². The van der Waals surface area contributed by atoms with Crippen LogP contribution in [0.4, 0.5) is 0 Å². The quantitative estimate of drug-likeness (QED) is 0.361. The van der Waals surface area contributed by atoms with Gasteiger partial charge in [-0.3, -0.25) is 4.79 Å². The van der Waals surface area contributed by atoms with Crippen LogP contribution in [0, 0.1) is 0 Å². The monoisotopic (exact) mass is 417 g/mol. The molecule has 0 radical (unpaired) electrons. The molecular formula is C23H31NO6. The number of ether oxygens (including phenoxy) is 3. The summed E-state index contributed by atoms with van der Waals surface area (Å²) in [5.41, 5.74) is 0.973. The Hall–Kier alpha value is -3.09. The predicted octanol–water partition coefficient (Wildman–Crippen LogP) is 3.43. The van der Waals surface area contributed by atoms with Crippen molar-refractivity contribution < 1.29 is 28.6 Å². The molecule has 0 aliphatic carbocycles. The third-order valence-electron chi connectivity index (χ3n) is 4.06. The number of carbonyl (C=O) groups is 3. The van der Waals surface area contributed by atoms with Crippen LogP contribution in [-0.4, -0.2) is 49.6 Å². The first-order valence-electron chi connectivity index (χ1n) is 10.1. The number of amides is 1. The fourth-order valence-electron chi connectivity index (χ4n) is 2.58. The third kappa shape index (κ3) is 10.5. The van der Waals surface area contributed by atoms with Crippen LogP contribution in [0.3, 0.4) is 0 Å². The van der Waals surface area contributed by atoms with Crippen LogP contribution in [0.15, 0.2) is 48.6 Å². The number of hydrogen-bond donors (Lipinski definition) is 0. The second-order valence-corrected chi connectivity index (χ2v) is 6.30. The van der Waals surface area contributed by atoms with Gasteiger partial charge >= 0.3 is 11.9 Å². The molecule has 0 heterocycles. The summed E-state index contributed by atoms with van der Waals surface area (Å²) in [4.78, 5) is 37.2. The Morgan fingerprint density at radius 2 is 1.47 bits per heavy atom. The summed E-state index contributed by atoms with van der Waals surface area (Å²) in [6.45, 7) is 5.03. The molecule has 0 aliphatic heterocycles. The molecule has 0 aromatic heterocycles. The molecule has 0 saturated carbocycles. The molecule has 164 valence electrons. The van der Waals surface area contributed by atoms with Gasteiger partial charge in [0, 0.05) is 31.7 Å². The lowest BCUT2D eigenvalue weighted by molar-refractivity contribution is -0.138. The van der Waals surface area contributed by atoms with Gasteiger partial charge in [0.15, 0.2) is 0 Å². The van der Waals surface area contributed by atoms with Crippen LogP contribution in [0.1, 0.15) is 38.7 Å². The normalized spacial score (nSPS) is 10.9. The van der Waals surface area contributed by atoms with Crippen LogP contribution in [0.5, 0.6) is 5.75 Å². The van der Waals surface area contributed by atoms with Gasteiger partial charge in [-0.05, 0) is 44.4 Å². The van der Waals surface area contributed by atoms with Crippen molar-refractivity contribution in [3.8, 4) is 5.75 Å². The minimum atomic E-state index is -0.413. The van der Waals surface area contributed by atoms with Crippen LogP contribution in [-0.2, 0) is 30.4 Å². The van der Waals surface area contributed by atoms with E-state index in [0.717, 1.165) is 11.3 Å². The van der Waals surface area contributed by atoms with Crippen molar-refractivity contribution in [2.45, 2.75) is 39.7 Å². The lowest BCUT2D eigenvalue weighted by Gasteiger charge is -2.22. The maximum absolute atomic E-state index is 12.7. The molecule has 1 amide bonds. The molecule has 1 rings (SSSR count). The standard InChI is InChI=1S/C23H31NO6/c1-4-29-22(26)11-7-6-10-21(25)24(17-9-8-12-23(27)30-5-2)18-19-13-15-20(28-3)16-14-19/h7-8,11-16H,4-6,9-10,17-18H2,1-3H3/b11-7+,12-8+. The lowest BCUT2D eigenvalue weighted by atomic mass is 10.1. The van der Waals surface area contributed by atoms with Crippen molar-refractivity contribution in [1.29, 1.82) is 0 Å². The van der Waals surface area contributed by atoms with E-state index in [1.165, 1.54) is 12.2 Å². The second kappa shape index (κ2) is 14.8. The summed E-state index contributed by atoms with van der Waals surface area (Å²) < 4.78 is 14.8. The SMILES string of the molecule is CCOC(=O)/C=C/CCC(=O)N(CC/C=C/C(=O)OCC)Cc1ccc(OC)cc1. The van der Waals surface area contributed by atoms with Gasteiger partial charge in [-0.2, -0.15) is 0 Å². The number of rotatable bonds is 13. The Labute approximate surface area is 178 Å². The first kappa shape index (κ1) is 24.9. The largest absolute Gasteiger partial charge is 0.497 e. The van der Waals surface area contributed by atoms with Gasteiger partial charge in [0.25, 0.3) is 0 Å². The molecule has 0 aliphatic rings. The van der Waals surface area contributed by atoms with Gasteiger partial charge in [0.05, 0.1) is 20.3 Å². The summed E-state index contributed by atoms with van der Waals surface area (Å²) in [6, 6.07) is 7.52. The maximum Gasteiger partial charge on any atom is 0.330 e. The molecule has 7 heteroatoms. The summed E-state index contributed by atoms with van der Waals surface area (Å²) >= 11 is 0. The summed E-state index contributed by atoms with van der Waals surface area (Å²) in [5, 5.41) is 0. The number of carbonyl (C=O) groups excluding carboxylic acids is 3. The van der Waals surface area contributed by atoms with E-state index >= 15 is 0 Å². The summed E-state index contributed by atoms with van der Waals surface area (Å²) in [5.74, 6) is -0.0965. The minimum absolute atomic E-state index is 0.0381. The van der Waals surface area contributed by atoms with Crippen molar-refractivity contribution in [2.24, 2.45) is 0 Å². The molecule has 0 bridgehead atoms. The highest BCUT2D eigenvalue weighted by Gasteiger charge is 2.13. The highest BCUT2D eigenvalue weighted by molar-refractivity contribution is 5.82. The van der Waals surface area contributed by atoms with Gasteiger partial charge in [-0.1, -0.05) is 24.3 Å². The second-order valence-electron chi connectivity index (χ2n) is 6.30. The first-order valence-corrected chi connectivity index (χ1v) is 10.1. The van der Waals surface area contributed by atoms with Gasteiger partial charge in [-0.25, -0.2) is 9.59 Å². The summed E-state index contributed by atoms with van der Waals surface area (Å²) in [6.07, 6.45) is 7.30. The molecular weight excluding hydrogens is 386 g/mol. The van der Waals surface area contributed by atoms with E-state index in [-0.39, 0.29) is 12.3 Å². The fourth-order valence-corrected chi connectivity index (χ4v) is 2.58. The number of hydrogen-bond acceptors (Lipinski definition) is 6. The van der Waals surface area contributed by atoms with Gasteiger partial charge in [-0.15, -0.1) is 0 Å². The smallest absolute Gasteiger partial charge is 0.330 e. The zero-order valence-corrected chi connectivity index (χ0v) is 18.0. The molecule has 0 atom stereocenters. The average Bonchev–Trinajstić information content (AvgIpc) is 2.74. The number of allylic oxidation sites excluding steroid dienone is 1. The minimum Gasteiger partial charge on any atom is -0.497 e. The topological polar surface area (TPSA) is 82.1 Å². The van der Waals surface area contributed by atoms with Crippen molar-refractivity contribution in [1.82, 2.24) is 4.90 Å². The number of esters is 2. The molecule has 0 fully saturated rings. The van der Waals surface area contributed by atoms with E-state index in [4.69, 9.17) is 14.2 Å². The third-order valence-corrected chi connectivity index (χ3v) is 4.06. The molecule has 0 unspecified atom stereocenters. The lowest BCUT2D eigenvalue weighted by Crippen LogP contribution is -2.31. The highest BCUT2D eigenvalue weighted by Crippen LogP contribution is 2.14. The van der Waals surface area contributed by atoms with Crippen LogP contribution in [0.25, 0.3) is 0 Å². The number of benzene rings is 1. The van der Waals surface area contributed by atoms with Crippen LogP contribution < -0.4 is 4.74 Å². The Balaban J connectivity index is 2.68. The van der Waals surface area contributed by atoms with Crippen molar-refractivity contribution in [3.05, 3.63) is 54.1 Å². The van der Waals surface area contributed by atoms with E-state index < -0.39 is 11.9 Å². The highest BCUT2D eigenvalue weighted by atomic mass is 16.5. The van der Waals surface area contributed by atoms with Gasteiger partial charge in [0.2, 0.25) is 5.91 Å². The molecule has 0 saturated heterocycles. The number of methoxy groups -OCH3 is 1. The zero-order chi connectivity index (χ0) is 22.2. The Kier molecular flexibility index (Phi) is 12.3. The van der Waals surface area contributed by atoms with E-state index in [1.54, 1.807) is 38.0 Å². The molecule has 1 aromatic carbocycles. The molecule has 0 N–H and O–H groups in total. The molecule has 0 spiro atoms. The summed E-state index contributed by atoms with van der Waals surface area (Å²) in [7, 11) is 1.60. The van der Waals surface area contributed by atoms with Gasteiger partial charge < -0.3 is 19.1 Å². The van der Waals surface area contributed by atoms with Crippen LogP contribution in [0.2, 0.25) is 0 Å². The predicted molar refractivity (Wildman–Crippen MR) is 114 cm³/mol. The molecule has 7 nitrogen and oxygen atoms in total. The van der Waals surface area contributed by atoms with Crippen molar-refractivity contribution in [3.63, 3.8) is 0 Å². The van der Waals surface area contributed by atoms with Gasteiger partial charge in [0.1, 0.15) is 5.75 Å². The zero-order valence-electron chi connectivity index (χ0n) is 18.0. The van der Waals surface area contributed by atoms with E-state index in [2.05, 4.69) is 0 Å². The van der Waals surface area contributed by atoms with Crippen molar-refractivity contribution >= 4 is 17.8 Å². The number of nitrogens with zero attached hydrogens (tertiary/aromatic N) is 1. The molecule has 30 heavy (non-hydrogen) atoms. The molecule has 1 aromatic rings. The maximum atomic E-state index is 12.7. The van der Waals surface area contributed by atoms with E-state index in [0.29, 0.717) is 39.1 Å². The van der Waals surface area contributed by atoms with E-state index in [9.17, 15) is 14.4 Å². The average molecular weight is 418 g/mol. The van der Waals surface area contributed by atoms with E-state index in [1.807, 2.05) is 24.3 Å². The first-order chi connectivity index (χ1) is 14.5. The Bertz CT molecular complexity index is 724. The van der Waals surface area contributed by atoms with Crippen molar-refractivity contribution in [2.75, 3.05) is 26.9 Å². The Morgan fingerprint density at radius 1 is 0.900 bits per heavy atom. The Morgan fingerprint density at radius 3 is 2.00 bits per heavy atom. The fraction of sp³-hybridized carbons (Fsp3) is 0.435.